The highest BCUT2D eigenvalue weighted by atomic mass is 16.5. The SMILES string of the molecule is CCC1CCN(Cc2ccccc2)C(C)C1(C)CCCOCC1CC1. The molecule has 25 heavy (non-hydrogen) atoms. The Morgan fingerprint density at radius 2 is 1.92 bits per heavy atom. The van der Waals surface area contributed by atoms with Crippen LogP contribution in [-0.2, 0) is 11.3 Å². The second kappa shape index (κ2) is 8.68. The van der Waals surface area contributed by atoms with Gasteiger partial charge in [-0.05, 0) is 68.4 Å². The molecule has 0 amide bonds. The van der Waals surface area contributed by atoms with Crippen molar-refractivity contribution >= 4 is 0 Å². The lowest BCUT2D eigenvalue weighted by molar-refractivity contribution is -0.0331. The minimum absolute atomic E-state index is 0.407. The van der Waals surface area contributed by atoms with E-state index in [0.717, 1.165) is 31.6 Å². The normalized spacial score (nSPS) is 30.5. The van der Waals surface area contributed by atoms with Crippen molar-refractivity contribution in [2.75, 3.05) is 19.8 Å². The molecule has 1 aliphatic carbocycles. The second-order valence-electron chi connectivity index (χ2n) is 8.65. The van der Waals surface area contributed by atoms with Gasteiger partial charge in [0.15, 0.2) is 0 Å². The van der Waals surface area contributed by atoms with E-state index in [1.807, 2.05) is 0 Å². The predicted molar refractivity (Wildman–Crippen MR) is 106 cm³/mol. The molecule has 0 bridgehead atoms. The van der Waals surface area contributed by atoms with Gasteiger partial charge in [-0.25, -0.2) is 0 Å². The van der Waals surface area contributed by atoms with E-state index in [-0.39, 0.29) is 0 Å². The summed E-state index contributed by atoms with van der Waals surface area (Å²) < 4.78 is 5.91. The molecule has 1 aromatic rings. The molecule has 1 aromatic carbocycles. The largest absolute Gasteiger partial charge is 0.381 e. The summed E-state index contributed by atoms with van der Waals surface area (Å²) in [5.41, 5.74) is 1.85. The zero-order chi connectivity index (χ0) is 17.7. The molecule has 3 atom stereocenters. The fraction of sp³-hybridized carbons (Fsp3) is 0.739. The molecule has 2 heteroatoms. The Morgan fingerprint density at radius 1 is 1.16 bits per heavy atom. The molecule has 0 spiro atoms. The van der Waals surface area contributed by atoms with Crippen LogP contribution in [0.2, 0.25) is 0 Å². The first-order chi connectivity index (χ1) is 12.1. The van der Waals surface area contributed by atoms with Gasteiger partial charge < -0.3 is 4.74 Å². The van der Waals surface area contributed by atoms with Crippen molar-refractivity contribution in [1.82, 2.24) is 4.90 Å². The Kier molecular flexibility index (Phi) is 6.57. The first-order valence-corrected chi connectivity index (χ1v) is 10.5. The topological polar surface area (TPSA) is 12.5 Å². The van der Waals surface area contributed by atoms with Crippen LogP contribution in [0.3, 0.4) is 0 Å². The maximum absolute atomic E-state index is 5.91. The van der Waals surface area contributed by atoms with E-state index in [1.165, 1.54) is 50.6 Å². The van der Waals surface area contributed by atoms with Crippen LogP contribution in [0.1, 0.15) is 64.9 Å². The molecular weight excluding hydrogens is 306 g/mol. The second-order valence-corrected chi connectivity index (χ2v) is 8.65. The minimum atomic E-state index is 0.407. The van der Waals surface area contributed by atoms with Gasteiger partial charge in [-0.1, -0.05) is 50.6 Å². The average Bonchev–Trinajstić information content (AvgIpc) is 3.44. The third kappa shape index (κ3) is 4.86. The molecule has 3 unspecified atom stereocenters. The Morgan fingerprint density at radius 3 is 2.60 bits per heavy atom. The zero-order valence-corrected chi connectivity index (χ0v) is 16.5. The van der Waals surface area contributed by atoms with E-state index in [4.69, 9.17) is 4.74 Å². The van der Waals surface area contributed by atoms with E-state index in [0.29, 0.717) is 11.5 Å². The molecule has 2 fully saturated rings. The van der Waals surface area contributed by atoms with Crippen molar-refractivity contribution < 1.29 is 4.74 Å². The fourth-order valence-corrected chi connectivity index (χ4v) is 4.81. The minimum Gasteiger partial charge on any atom is -0.381 e. The van der Waals surface area contributed by atoms with Gasteiger partial charge in [0.2, 0.25) is 0 Å². The highest BCUT2D eigenvalue weighted by molar-refractivity contribution is 5.15. The highest BCUT2D eigenvalue weighted by Gasteiger charge is 2.43. The van der Waals surface area contributed by atoms with E-state index in [2.05, 4.69) is 56.0 Å². The van der Waals surface area contributed by atoms with E-state index < -0.39 is 0 Å². The van der Waals surface area contributed by atoms with Crippen LogP contribution in [0.5, 0.6) is 0 Å². The Balaban J connectivity index is 1.56. The summed E-state index contributed by atoms with van der Waals surface area (Å²) in [7, 11) is 0. The molecule has 0 radical (unpaired) electrons. The lowest BCUT2D eigenvalue weighted by Crippen LogP contribution is -2.53. The van der Waals surface area contributed by atoms with Crippen molar-refractivity contribution in [2.45, 2.75) is 71.9 Å². The van der Waals surface area contributed by atoms with E-state index in [9.17, 15) is 0 Å². The summed E-state index contributed by atoms with van der Waals surface area (Å²) in [5.74, 6) is 1.73. The van der Waals surface area contributed by atoms with Gasteiger partial charge in [-0.2, -0.15) is 0 Å². The van der Waals surface area contributed by atoms with Gasteiger partial charge in [0, 0.05) is 25.8 Å². The van der Waals surface area contributed by atoms with Gasteiger partial charge in [-0.15, -0.1) is 0 Å². The fourth-order valence-electron chi connectivity index (χ4n) is 4.81. The van der Waals surface area contributed by atoms with Gasteiger partial charge in [0.25, 0.3) is 0 Å². The van der Waals surface area contributed by atoms with Crippen molar-refractivity contribution in [3.63, 3.8) is 0 Å². The van der Waals surface area contributed by atoms with E-state index >= 15 is 0 Å². The first kappa shape index (κ1) is 18.9. The third-order valence-electron chi connectivity index (χ3n) is 6.98. The van der Waals surface area contributed by atoms with Crippen LogP contribution in [0, 0.1) is 17.3 Å². The summed E-state index contributed by atoms with van der Waals surface area (Å²) in [4.78, 5) is 2.71. The van der Waals surface area contributed by atoms with Crippen LogP contribution in [0.15, 0.2) is 30.3 Å². The molecule has 0 N–H and O–H groups in total. The quantitative estimate of drug-likeness (QED) is 0.547. The maximum atomic E-state index is 5.91. The van der Waals surface area contributed by atoms with Crippen molar-refractivity contribution in [3.05, 3.63) is 35.9 Å². The van der Waals surface area contributed by atoms with Crippen LogP contribution in [-0.4, -0.2) is 30.7 Å². The summed E-state index contributed by atoms with van der Waals surface area (Å²) in [6.07, 6.45) is 7.93. The van der Waals surface area contributed by atoms with Crippen LogP contribution >= 0.6 is 0 Å². The summed E-state index contributed by atoms with van der Waals surface area (Å²) >= 11 is 0. The number of hydrogen-bond donors (Lipinski definition) is 0. The van der Waals surface area contributed by atoms with E-state index in [1.54, 1.807) is 0 Å². The van der Waals surface area contributed by atoms with Gasteiger partial charge in [0.05, 0.1) is 0 Å². The molecule has 1 saturated heterocycles. The molecule has 0 aromatic heterocycles. The Hall–Kier alpha value is -0.860. The number of rotatable bonds is 9. The highest BCUT2D eigenvalue weighted by Crippen LogP contribution is 2.46. The first-order valence-electron chi connectivity index (χ1n) is 10.5. The summed E-state index contributed by atoms with van der Waals surface area (Å²) in [6, 6.07) is 11.6. The number of nitrogens with zero attached hydrogens (tertiary/aromatic N) is 1. The van der Waals surface area contributed by atoms with Gasteiger partial charge in [-0.3, -0.25) is 4.90 Å². The Bertz CT molecular complexity index is 512. The Labute approximate surface area is 154 Å². The van der Waals surface area contributed by atoms with Crippen LogP contribution < -0.4 is 0 Å². The number of hydrogen-bond acceptors (Lipinski definition) is 2. The smallest absolute Gasteiger partial charge is 0.0494 e. The third-order valence-corrected chi connectivity index (χ3v) is 6.98. The molecule has 1 saturated carbocycles. The zero-order valence-electron chi connectivity index (χ0n) is 16.5. The maximum Gasteiger partial charge on any atom is 0.0494 e. The number of likely N-dealkylation sites (tertiary alicyclic amines) is 1. The molecular formula is C23H37NO. The predicted octanol–water partition coefficient (Wildman–Crippen LogP) is 5.52. The molecule has 3 rings (SSSR count). The van der Waals surface area contributed by atoms with Crippen molar-refractivity contribution in [3.8, 4) is 0 Å². The monoisotopic (exact) mass is 343 g/mol. The van der Waals surface area contributed by atoms with Gasteiger partial charge >= 0.3 is 0 Å². The molecule has 2 nitrogen and oxygen atoms in total. The summed E-state index contributed by atoms with van der Waals surface area (Å²) in [5, 5.41) is 0. The summed E-state index contributed by atoms with van der Waals surface area (Å²) in [6.45, 7) is 11.7. The number of ether oxygens (including phenoxy) is 1. The standard InChI is InChI=1S/C23H37NO/c1-4-22-13-15-24(17-20-9-6-5-7-10-20)19(2)23(22,3)14-8-16-25-18-21-11-12-21/h5-7,9-10,19,21-22H,4,8,11-18H2,1-3H3. The molecule has 140 valence electrons. The average molecular weight is 344 g/mol. The lowest BCUT2D eigenvalue weighted by atomic mass is 9.64. The number of piperidine rings is 1. The van der Waals surface area contributed by atoms with Gasteiger partial charge in [0.1, 0.15) is 0 Å². The lowest BCUT2D eigenvalue weighted by Gasteiger charge is -2.52. The van der Waals surface area contributed by atoms with Crippen LogP contribution in [0.25, 0.3) is 0 Å². The van der Waals surface area contributed by atoms with Crippen LogP contribution in [0.4, 0.5) is 0 Å². The molecule has 2 aliphatic rings. The van der Waals surface area contributed by atoms with Crippen molar-refractivity contribution in [2.24, 2.45) is 17.3 Å². The number of benzene rings is 1. The molecule has 1 aliphatic heterocycles. The molecule has 1 heterocycles. The van der Waals surface area contributed by atoms with Crippen molar-refractivity contribution in [1.29, 1.82) is 0 Å².